The monoisotopic (exact) mass is 202 g/mol. The molecule has 0 fully saturated rings. The average molecular weight is 202 g/mol. The van der Waals surface area contributed by atoms with Crippen LogP contribution in [0.5, 0.6) is 0 Å². The zero-order chi connectivity index (χ0) is 10.7. The summed E-state index contributed by atoms with van der Waals surface area (Å²) in [4.78, 5) is 0. The standard InChI is InChI=1S/C12H14N2O/c13-8-11(14)9-3-5-10(6-4-9)12-2-1-7-15-12/h1-7,11H,8,13-14H2/t11-/m1/s1. The first kappa shape index (κ1) is 9.96. The number of nitrogens with two attached hydrogens (primary N) is 2. The maximum atomic E-state index is 5.81. The molecule has 0 unspecified atom stereocenters. The van der Waals surface area contributed by atoms with E-state index in [1.54, 1.807) is 6.26 Å². The van der Waals surface area contributed by atoms with E-state index in [9.17, 15) is 0 Å². The molecule has 0 saturated carbocycles. The second-order valence-corrected chi connectivity index (χ2v) is 3.44. The van der Waals surface area contributed by atoms with Crippen molar-refractivity contribution in [3.05, 3.63) is 48.2 Å². The molecule has 4 N–H and O–H groups in total. The minimum Gasteiger partial charge on any atom is -0.464 e. The van der Waals surface area contributed by atoms with Crippen LogP contribution in [0.1, 0.15) is 11.6 Å². The van der Waals surface area contributed by atoms with E-state index in [0.29, 0.717) is 6.54 Å². The topological polar surface area (TPSA) is 65.2 Å². The molecule has 0 amide bonds. The van der Waals surface area contributed by atoms with Gasteiger partial charge in [0.05, 0.1) is 6.26 Å². The highest BCUT2D eigenvalue weighted by atomic mass is 16.3. The first-order valence-corrected chi connectivity index (χ1v) is 4.91. The van der Waals surface area contributed by atoms with Crippen LogP contribution in [0.2, 0.25) is 0 Å². The molecule has 78 valence electrons. The summed E-state index contributed by atoms with van der Waals surface area (Å²) in [6.07, 6.45) is 1.66. The molecule has 1 atom stereocenters. The van der Waals surface area contributed by atoms with E-state index >= 15 is 0 Å². The van der Waals surface area contributed by atoms with Gasteiger partial charge in [-0.05, 0) is 17.7 Å². The van der Waals surface area contributed by atoms with Crippen molar-refractivity contribution in [2.24, 2.45) is 11.5 Å². The fraction of sp³-hybridized carbons (Fsp3) is 0.167. The Bertz CT molecular complexity index is 406. The van der Waals surface area contributed by atoms with Gasteiger partial charge < -0.3 is 15.9 Å². The number of hydrogen-bond donors (Lipinski definition) is 2. The Morgan fingerprint density at radius 3 is 2.40 bits per heavy atom. The molecule has 2 aromatic rings. The van der Waals surface area contributed by atoms with Gasteiger partial charge in [0.25, 0.3) is 0 Å². The van der Waals surface area contributed by atoms with Gasteiger partial charge in [0.1, 0.15) is 5.76 Å². The molecular weight excluding hydrogens is 188 g/mol. The van der Waals surface area contributed by atoms with Crippen LogP contribution in [-0.2, 0) is 0 Å². The molecule has 3 nitrogen and oxygen atoms in total. The minimum absolute atomic E-state index is 0.0874. The van der Waals surface area contributed by atoms with Crippen LogP contribution in [0.3, 0.4) is 0 Å². The first-order valence-electron chi connectivity index (χ1n) is 4.91. The predicted octanol–water partition coefficient (Wildman–Crippen LogP) is 1.91. The molecule has 3 heteroatoms. The molecule has 0 aliphatic rings. The minimum atomic E-state index is -0.0874. The molecule has 2 rings (SSSR count). The van der Waals surface area contributed by atoms with Gasteiger partial charge in [-0.2, -0.15) is 0 Å². The molecule has 15 heavy (non-hydrogen) atoms. The van der Waals surface area contributed by atoms with E-state index in [2.05, 4.69) is 0 Å². The smallest absolute Gasteiger partial charge is 0.133 e. The summed E-state index contributed by atoms with van der Waals surface area (Å²) in [6, 6.07) is 11.7. The van der Waals surface area contributed by atoms with Crippen molar-refractivity contribution in [2.75, 3.05) is 6.54 Å². The lowest BCUT2D eigenvalue weighted by atomic mass is 10.0. The van der Waals surface area contributed by atoms with Crippen LogP contribution in [0, 0.1) is 0 Å². The lowest BCUT2D eigenvalue weighted by molar-refractivity contribution is 0.582. The summed E-state index contributed by atoms with van der Waals surface area (Å²) in [5.74, 6) is 0.864. The van der Waals surface area contributed by atoms with E-state index in [1.807, 2.05) is 36.4 Å². The summed E-state index contributed by atoms with van der Waals surface area (Å²) in [5.41, 5.74) is 13.4. The van der Waals surface area contributed by atoms with Crippen molar-refractivity contribution in [2.45, 2.75) is 6.04 Å². The summed E-state index contributed by atoms with van der Waals surface area (Å²) >= 11 is 0. The molecule has 0 radical (unpaired) electrons. The number of furan rings is 1. The third-order valence-corrected chi connectivity index (χ3v) is 2.40. The van der Waals surface area contributed by atoms with Crippen LogP contribution < -0.4 is 11.5 Å². The van der Waals surface area contributed by atoms with Crippen LogP contribution in [-0.4, -0.2) is 6.54 Å². The van der Waals surface area contributed by atoms with Crippen molar-refractivity contribution in [1.29, 1.82) is 0 Å². The maximum absolute atomic E-state index is 5.81. The molecule has 0 spiro atoms. The van der Waals surface area contributed by atoms with Crippen LogP contribution in [0.15, 0.2) is 47.1 Å². The maximum Gasteiger partial charge on any atom is 0.133 e. The molecule has 0 aliphatic carbocycles. The van der Waals surface area contributed by atoms with Crippen molar-refractivity contribution in [1.82, 2.24) is 0 Å². The van der Waals surface area contributed by atoms with E-state index in [4.69, 9.17) is 15.9 Å². The molecule has 0 saturated heterocycles. The van der Waals surface area contributed by atoms with Gasteiger partial charge in [0.2, 0.25) is 0 Å². The highest BCUT2D eigenvalue weighted by Crippen LogP contribution is 2.21. The van der Waals surface area contributed by atoms with E-state index in [1.165, 1.54) is 0 Å². The molecule has 0 aliphatic heterocycles. The normalized spacial score (nSPS) is 12.7. The highest BCUT2D eigenvalue weighted by molar-refractivity contribution is 5.57. The molecular formula is C12H14N2O. The second kappa shape index (κ2) is 4.29. The summed E-state index contributed by atoms with van der Waals surface area (Å²) in [6.45, 7) is 0.458. The van der Waals surface area contributed by atoms with Crippen molar-refractivity contribution < 1.29 is 4.42 Å². The Morgan fingerprint density at radius 1 is 1.13 bits per heavy atom. The fourth-order valence-corrected chi connectivity index (χ4v) is 1.47. The first-order chi connectivity index (χ1) is 7.31. The lowest BCUT2D eigenvalue weighted by Gasteiger charge is -2.08. The Kier molecular flexibility index (Phi) is 2.85. The van der Waals surface area contributed by atoms with Gasteiger partial charge in [-0.15, -0.1) is 0 Å². The Morgan fingerprint density at radius 2 is 1.87 bits per heavy atom. The Labute approximate surface area is 88.7 Å². The zero-order valence-corrected chi connectivity index (χ0v) is 8.39. The van der Waals surface area contributed by atoms with E-state index < -0.39 is 0 Å². The van der Waals surface area contributed by atoms with Crippen molar-refractivity contribution in [3.8, 4) is 11.3 Å². The van der Waals surface area contributed by atoms with Crippen LogP contribution in [0.4, 0.5) is 0 Å². The summed E-state index contributed by atoms with van der Waals surface area (Å²) in [5, 5.41) is 0. The zero-order valence-electron chi connectivity index (χ0n) is 8.39. The second-order valence-electron chi connectivity index (χ2n) is 3.44. The van der Waals surface area contributed by atoms with Crippen molar-refractivity contribution >= 4 is 0 Å². The summed E-state index contributed by atoms with van der Waals surface area (Å²) in [7, 11) is 0. The predicted molar refractivity (Wildman–Crippen MR) is 60.1 cm³/mol. The van der Waals surface area contributed by atoms with Crippen molar-refractivity contribution in [3.63, 3.8) is 0 Å². The van der Waals surface area contributed by atoms with Crippen LogP contribution >= 0.6 is 0 Å². The van der Waals surface area contributed by atoms with Gasteiger partial charge in [-0.3, -0.25) is 0 Å². The average Bonchev–Trinajstić information content (AvgIpc) is 2.82. The van der Waals surface area contributed by atoms with Gasteiger partial charge in [-0.1, -0.05) is 24.3 Å². The Hall–Kier alpha value is -1.58. The van der Waals surface area contributed by atoms with E-state index in [-0.39, 0.29) is 6.04 Å². The van der Waals surface area contributed by atoms with Gasteiger partial charge >= 0.3 is 0 Å². The molecule has 1 aromatic heterocycles. The number of hydrogen-bond acceptors (Lipinski definition) is 3. The fourth-order valence-electron chi connectivity index (χ4n) is 1.47. The van der Waals surface area contributed by atoms with Gasteiger partial charge in [-0.25, -0.2) is 0 Å². The Balaban J connectivity index is 2.25. The largest absolute Gasteiger partial charge is 0.464 e. The molecule has 0 bridgehead atoms. The van der Waals surface area contributed by atoms with Gasteiger partial charge in [0, 0.05) is 18.2 Å². The summed E-state index contributed by atoms with van der Waals surface area (Å²) < 4.78 is 5.29. The quantitative estimate of drug-likeness (QED) is 0.799. The molecule has 1 aromatic carbocycles. The SMILES string of the molecule is NC[C@@H](N)c1ccc(-c2ccco2)cc1. The highest BCUT2D eigenvalue weighted by Gasteiger charge is 2.04. The number of rotatable bonds is 3. The van der Waals surface area contributed by atoms with E-state index in [0.717, 1.165) is 16.9 Å². The van der Waals surface area contributed by atoms with Crippen LogP contribution in [0.25, 0.3) is 11.3 Å². The third-order valence-electron chi connectivity index (χ3n) is 2.40. The van der Waals surface area contributed by atoms with Gasteiger partial charge in [0.15, 0.2) is 0 Å². The third kappa shape index (κ3) is 2.09. The number of benzene rings is 1. The lowest BCUT2D eigenvalue weighted by Crippen LogP contribution is -2.20. The molecule has 1 heterocycles.